The number of nitrogens with zero attached hydrogens (tertiary/aromatic N) is 1. The number of Topliss-reactive ketones (excluding diaryl/α,β-unsaturated/α-hetero) is 2. The Labute approximate surface area is 180 Å². The summed E-state index contributed by atoms with van der Waals surface area (Å²) in [6.45, 7) is 2.58. The second-order valence-corrected chi connectivity index (χ2v) is 8.12. The number of hydrogen-bond donors (Lipinski definition) is 0. The molecule has 31 heavy (non-hydrogen) atoms. The van der Waals surface area contributed by atoms with Crippen molar-refractivity contribution in [2.24, 2.45) is 11.3 Å². The van der Waals surface area contributed by atoms with E-state index < -0.39 is 40.0 Å². The summed E-state index contributed by atoms with van der Waals surface area (Å²) in [5.41, 5.74) is -0.467. The highest BCUT2D eigenvalue weighted by Crippen LogP contribution is 2.55. The van der Waals surface area contributed by atoms with Crippen LogP contribution in [0.15, 0.2) is 60.7 Å². The van der Waals surface area contributed by atoms with E-state index in [4.69, 9.17) is 4.74 Å². The molecule has 162 valence electrons. The number of ether oxygens (including phenoxy) is 1. The van der Waals surface area contributed by atoms with E-state index in [1.807, 2.05) is 6.07 Å². The molecule has 0 amide bonds. The van der Waals surface area contributed by atoms with E-state index in [1.165, 1.54) is 13.8 Å². The lowest BCUT2D eigenvalue weighted by Gasteiger charge is -2.31. The zero-order chi connectivity index (χ0) is 22.6. The van der Waals surface area contributed by atoms with Gasteiger partial charge < -0.3 is 9.53 Å². The third-order valence-electron chi connectivity index (χ3n) is 6.10. The molecule has 7 nitrogen and oxygen atoms in total. The summed E-state index contributed by atoms with van der Waals surface area (Å²) in [6, 6.07) is 16.3. The van der Waals surface area contributed by atoms with Crippen molar-refractivity contribution in [3.8, 4) is 0 Å². The van der Waals surface area contributed by atoms with Crippen LogP contribution in [0.2, 0.25) is 0 Å². The highest BCUT2D eigenvalue weighted by Gasteiger charge is 2.66. The molecule has 0 N–H and O–H groups in total. The lowest BCUT2D eigenvalue weighted by Crippen LogP contribution is -2.44. The number of rotatable bonds is 8. The van der Waals surface area contributed by atoms with Gasteiger partial charge in [-0.3, -0.25) is 19.7 Å². The zero-order valence-corrected chi connectivity index (χ0v) is 17.5. The Bertz CT molecular complexity index is 974. The van der Waals surface area contributed by atoms with Gasteiger partial charge in [0.25, 0.3) is 0 Å². The van der Waals surface area contributed by atoms with E-state index in [0.29, 0.717) is 5.56 Å². The highest BCUT2D eigenvalue weighted by molar-refractivity contribution is 6.04. The molecule has 4 atom stereocenters. The number of esters is 1. The standard InChI is InChI=1S/C24H25NO6/c1-16(26)13-20-14-24(17(2)27,23(28)31-15-18-9-5-3-6-10-18)21(22(20)25(29)30)19-11-7-4-8-12-19/h3-12,20-22H,13-15H2,1-2H3/t20-,21+,22-,24+/m1/s1. The maximum absolute atomic E-state index is 13.4. The monoisotopic (exact) mass is 423 g/mol. The molecule has 0 unspecified atom stereocenters. The Morgan fingerprint density at radius 1 is 1.03 bits per heavy atom. The van der Waals surface area contributed by atoms with Crippen LogP contribution >= 0.6 is 0 Å². The van der Waals surface area contributed by atoms with E-state index in [9.17, 15) is 24.5 Å². The van der Waals surface area contributed by atoms with Crippen molar-refractivity contribution in [3.05, 3.63) is 81.9 Å². The Hall–Kier alpha value is -3.35. The molecule has 2 aromatic carbocycles. The second kappa shape index (κ2) is 9.20. The maximum Gasteiger partial charge on any atom is 0.320 e. The van der Waals surface area contributed by atoms with Gasteiger partial charge >= 0.3 is 5.97 Å². The van der Waals surface area contributed by atoms with Gasteiger partial charge in [0.2, 0.25) is 6.04 Å². The lowest BCUT2D eigenvalue weighted by molar-refractivity contribution is -0.532. The van der Waals surface area contributed by atoms with E-state index in [1.54, 1.807) is 54.6 Å². The summed E-state index contributed by atoms with van der Waals surface area (Å²) in [7, 11) is 0. The van der Waals surface area contributed by atoms with E-state index in [2.05, 4.69) is 0 Å². The molecule has 1 fully saturated rings. The Morgan fingerprint density at radius 3 is 2.13 bits per heavy atom. The third kappa shape index (κ3) is 4.40. The Kier molecular flexibility index (Phi) is 6.63. The van der Waals surface area contributed by atoms with Gasteiger partial charge in [0.15, 0.2) is 0 Å². The van der Waals surface area contributed by atoms with Crippen LogP contribution in [0.4, 0.5) is 0 Å². The van der Waals surface area contributed by atoms with Crippen LogP contribution in [-0.4, -0.2) is 28.5 Å². The summed E-state index contributed by atoms with van der Waals surface area (Å²) in [6.07, 6.45) is -0.170. The van der Waals surface area contributed by atoms with Crippen molar-refractivity contribution in [3.63, 3.8) is 0 Å². The molecule has 0 radical (unpaired) electrons. The van der Waals surface area contributed by atoms with Crippen molar-refractivity contribution in [1.29, 1.82) is 0 Å². The molecule has 0 bridgehead atoms. The summed E-state index contributed by atoms with van der Waals surface area (Å²) in [5, 5.41) is 12.1. The van der Waals surface area contributed by atoms with Gasteiger partial charge in [-0.2, -0.15) is 0 Å². The molecule has 1 saturated carbocycles. The Balaban J connectivity index is 2.07. The first-order valence-electron chi connectivity index (χ1n) is 10.2. The van der Waals surface area contributed by atoms with Crippen LogP contribution in [0, 0.1) is 21.4 Å². The predicted octanol–water partition coefficient (Wildman–Crippen LogP) is 3.73. The summed E-state index contributed by atoms with van der Waals surface area (Å²) < 4.78 is 5.54. The lowest BCUT2D eigenvalue weighted by atomic mass is 9.70. The third-order valence-corrected chi connectivity index (χ3v) is 6.10. The maximum atomic E-state index is 13.4. The molecule has 1 aliphatic carbocycles. The van der Waals surface area contributed by atoms with Crippen molar-refractivity contribution >= 4 is 17.5 Å². The van der Waals surface area contributed by atoms with Crippen LogP contribution < -0.4 is 0 Å². The van der Waals surface area contributed by atoms with Gasteiger partial charge in [-0.1, -0.05) is 60.7 Å². The van der Waals surface area contributed by atoms with Gasteiger partial charge in [-0.05, 0) is 31.4 Å². The highest BCUT2D eigenvalue weighted by atomic mass is 16.6. The number of hydrogen-bond acceptors (Lipinski definition) is 6. The molecule has 0 heterocycles. The van der Waals surface area contributed by atoms with Gasteiger partial charge in [0.05, 0.1) is 5.92 Å². The van der Waals surface area contributed by atoms with Gasteiger partial charge in [0, 0.05) is 17.3 Å². The van der Waals surface area contributed by atoms with E-state index >= 15 is 0 Å². The average Bonchev–Trinajstić information content (AvgIpc) is 3.09. The van der Waals surface area contributed by atoms with Gasteiger partial charge in [0.1, 0.15) is 23.6 Å². The van der Waals surface area contributed by atoms with Crippen LogP contribution in [0.1, 0.15) is 43.7 Å². The van der Waals surface area contributed by atoms with Crippen LogP contribution in [0.25, 0.3) is 0 Å². The SMILES string of the molecule is CC(=O)C[C@@H]1C[C@@](C(C)=O)(C(=O)OCc2ccccc2)[C@@H](c2ccccc2)[C@@H]1[N+](=O)[O-]. The minimum absolute atomic E-state index is 0.0449. The molecular formula is C24H25NO6. The van der Waals surface area contributed by atoms with Gasteiger partial charge in [-0.15, -0.1) is 0 Å². The van der Waals surface area contributed by atoms with Crippen molar-refractivity contribution in [1.82, 2.24) is 0 Å². The topological polar surface area (TPSA) is 104 Å². The van der Waals surface area contributed by atoms with Crippen molar-refractivity contribution in [2.45, 2.75) is 45.3 Å². The second-order valence-electron chi connectivity index (χ2n) is 8.12. The fraction of sp³-hybridized carbons (Fsp3) is 0.375. The molecule has 7 heteroatoms. The number of nitro groups is 1. The van der Waals surface area contributed by atoms with E-state index in [-0.39, 0.29) is 25.2 Å². The van der Waals surface area contributed by atoms with Crippen LogP contribution in [0.5, 0.6) is 0 Å². The quantitative estimate of drug-likeness (QED) is 0.277. The van der Waals surface area contributed by atoms with Crippen molar-refractivity contribution in [2.75, 3.05) is 0 Å². The molecular weight excluding hydrogens is 398 g/mol. The summed E-state index contributed by atoms with van der Waals surface area (Å²) in [4.78, 5) is 49.9. The first-order chi connectivity index (χ1) is 14.8. The number of benzene rings is 2. The summed E-state index contributed by atoms with van der Waals surface area (Å²) >= 11 is 0. The minimum Gasteiger partial charge on any atom is -0.460 e. The van der Waals surface area contributed by atoms with E-state index in [0.717, 1.165) is 5.56 Å². The Morgan fingerprint density at radius 2 is 1.61 bits per heavy atom. The van der Waals surface area contributed by atoms with Gasteiger partial charge in [-0.25, -0.2) is 0 Å². The fourth-order valence-corrected chi connectivity index (χ4v) is 4.79. The molecule has 0 spiro atoms. The number of carbonyl (C=O) groups excluding carboxylic acids is 3. The smallest absolute Gasteiger partial charge is 0.320 e. The zero-order valence-electron chi connectivity index (χ0n) is 17.5. The van der Waals surface area contributed by atoms with Crippen molar-refractivity contribution < 1.29 is 24.0 Å². The fourth-order valence-electron chi connectivity index (χ4n) is 4.79. The molecule has 0 saturated heterocycles. The minimum atomic E-state index is -1.73. The molecule has 0 aromatic heterocycles. The first kappa shape index (κ1) is 22.3. The summed E-state index contributed by atoms with van der Waals surface area (Å²) in [5.74, 6) is -3.26. The molecule has 0 aliphatic heterocycles. The first-order valence-corrected chi connectivity index (χ1v) is 10.2. The largest absolute Gasteiger partial charge is 0.460 e. The predicted molar refractivity (Wildman–Crippen MR) is 113 cm³/mol. The number of ketones is 2. The normalized spacial score (nSPS) is 25.0. The van der Waals surface area contributed by atoms with Crippen LogP contribution in [0.3, 0.4) is 0 Å². The molecule has 2 aromatic rings. The van der Waals surface area contributed by atoms with Crippen LogP contribution in [-0.2, 0) is 25.7 Å². The molecule has 3 rings (SSSR count). The molecule has 1 aliphatic rings. The average molecular weight is 423 g/mol. The number of carbonyl (C=O) groups is 3.